The van der Waals surface area contributed by atoms with Crippen LogP contribution in [0.2, 0.25) is 0 Å². The lowest BCUT2D eigenvalue weighted by Gasteiger charge is -2.15. The summed E-state index contributed by atoms with van der Waals surface area (Å²) in [5.41, 5.74) is 1.22. The summed E-state index contributed by atoms with van der Waals surface area (Å²) >= 11 is 1.11. The number of nitrogens with one attached hydrogen (secondary N) is 1. The van der Waals surface area contributed by atoms with Gasteiger partial charge in [0.1, 0.15) is 6.61 Å². The third kappa shape index (κ3) is 7.01. The molecule has 0 spiro atoms. The average Bonchev–Trinajstić information content (AvgIpc) is 3.26. The first-order valence-corrected chi connectivity index (χ1v) is 11.5. The van der Waals surface area contributed by atoms with Crippen molar-refractivity contribution in [3.8, 4) is 11.4 Å². The number of nitro groups is 1. The van der Waals surface area contributed by atoms with Crippen molar-refractivity contribution < 1.29 is 32.0 Å². The minimum Gasteiger partial charge on any atom is -0.370 e. The van der Waals surface area contributed by atoms with E-state index in [1.54, 1.807) is 28.8 Å². The van der Waals surface area contributed by atoms with Crippen molar-refractivity contribution in [2.75, 3.05) is 17.7 Å². The van der Waals surface area contributed by atoms with Crippen LogP contribution in [-0.2, 0) is 22.7 Å². The van der Waals surface area contributed by atoms with Crippen molar-refractivity contribution in [3.63, 3.8) is 0 Å². The highest BCUT2D eigenvalue weighted by Crippen LogP contribution is 2.26. The molecular weight excluding hydrogens is 506 g/mol. The molecule has 1 heterocycles. The number of alkyl halides is 4. The van der Waals surface area contributed by atoms with Crippen LogP contribution in [0.15, 0.2) is 53.7 Å². The lowest BCUT2D eigenvalue weighted by atomic mass is 10.1. The molecule has 36 heavy (non-hydrogen) atoms. The van der Waals surface area contributed by atoms with Gasteiger partial charge in [0, 0.05) is 29.9 Å². The zero-order chi connectivity index (χ0) is 26.3. The van der Waals surface area contributed by atoms with Crippen LogP contribution >= 0.6 is 11.8 Å². The highest BCUT2D eigenvalue weighted by atomic mass is 32.2. The second-order valence-corrected chi connectivity index (χ2v) is 8.39. The van der Waals surface area contributed by atoms with E-state index in [1.165, 1.54) is 24.3 Å². The van der Waals surface area contributed by atoms with E-state index in [2.05, 4.69) is 15.5 Å². The van der Waals surface area contributed by atoms with Gasteiger partial charge in [0.05, 0.1) is 17.3 Å². The van der Waals surface area contributed by atoms with Crippen molar-refractivity contribution in [3.05, 3.63) is 64.2 Å². The zero-order valence-corrected chi connectivity index (χ0v) is 19.7. The largest absolute Gasteiger partial charge is 0.370 e. The second kappa shape index (κ2) is 11.9. The number of carbonyl (C=O) groups excluding carboxylic acids is 1. The fraction of sp³-hybridized carbons (Fsp3) is 0.318. The van der Waals surface area contributed by atoms with E-state index < -0.39 is 29.8 Å². The smallest absolute Gasteiger partial charge is 0.330 e. The van der Waals surface area contributed by atoms with Crippen LogP contribution in [0.3, 0.4) is 0 Å². The molecule has 3 rings (SSSR count). The first-order valence-electron chi connectivity index (χ1n) is 10.5. The highest BCUT2D eigenvalue weighted by Gasteiger charge is 2.40. The Morgan fingerprint density at radius 3 is 2.67 bits per heavy atom. The Hall–Kier alpha value is -3.52. The topological polar surface area (TPSA) is 112 Å². The number of nitrogens with zero attached hydrogens (tertiary/aromatic N) is 4. The van der Waals surface area contributed by atoms with E-state index in [0.717, 1.165) is 11.8 Å². The molecule has 0 bridgehead atoms. The molecule has 1 amide bonds. The first kappa shape index (κ1) is 27.1. The van der Waals surface area contributed by atoms with Crippen LogP contribution in [0, 0.1) is 10.1 Å². The Morgan fingerprint density at radius 2 is 1.97 bits per heavy atom. The summed E-state index contributed by atoms with van der Waals surface area (Å²) in [5.74, 6) is -4.20. The molecule has 0 atom stereocenters. The maximum Gasteiger partial charge on any atom is 0.330 e. The number of thioether (sulfide) groups is 1. The van der Waals surface area contributed by atoms with E-state index in [0.29, 0.717) is 28.7 Å². The van der Waals surface area contributed by atoms with Crippen molar-refractivity contribution in [2.24, 2.45) is 0 Å². The lowest BCUT2D eigenvalue weighted by molar-refractivity contribution is -0.384. The van der Waals surface area contributed by atoms with Gasteiger partial charge in [-0.1, -0.05) is 36.0 Å². The van der Waals surface area contributed by atoms with Gasteiger partial charge in [-0.2, -0.15) is 8.78 Å². The molecular formula is C22H21F4N5O4S. The fourth-order valence-electron chi connectivity index (χ4n) is 3.09. The molecule has 0 saturated carbocycles. The molecule has 0 aliphatic rings. The molecule has 14 heteroatoms. The Kier molecular flexibility index (Phi) is 8.98. The number of hydrogen-bond acceptors (Lipinski definition) is 7. The van der Waals surface area contributed by atoms with E-state index in [9.17, 15) is 32.5 Å². The van der Waals surface area contributed by atoms with Crippen LogP contribution < -0.4 is 5.32 Å². The minimum atomic E-state index is -4.23. The Morgan fingerprint density at radius 1 is 1.22 bits per heavy atom. The molecule has 0 radical (unpaired) electrons. The standard InChI is InChI=1S/C22H21F4N5O4S/c1-2-30-19(15-6-3-5-14(9-15)11-35-13-22(25,26)20(23)24)28-29-21(30)36-12-18(32)27-16-7-4-8-17(10-16)31(33)34/h3-10,20H,2,11-13H2,1H3,(H,27,32). The summed E-state index contributed by atoms with van der Waals surface area (Å²) in [5, 5.41) is 22.2. The zero-order valence-electron chi connectivity index (χ0n) is 18.9. The summed E-state index contributed by atoms with van der Waals surface area (Å²) < 4.78 is 57.2. The number of amides is 1. The summed E-state index contributed by atoms with van der Waals surface area (Å²) in [6.07, 6.45) is -3.81. The molecule has 9 nitrogen and oxygen atoms in total. The predicted molar refractivity (Wildman–Crippen MR) is 124 cm³/mol. The van der Waals surface area contributed by atoms with Gasteiger partial charge >= 0.3 is 12.3 Å². The maximum atomic E-state index is 13.0. The number of ether oxygens (including phenoxy) is 1. The number of rotatable bonds is 12. The number of benzene rings is 2. The number of anilines is 1. The SMILES string of the molecule is CCn1c(SCC(=O)Nc2cccc([N+](=O)[O-])c2)nnc1-c1cccc(COCC(F)(F)C(F)F)c1. The number of hydrogen-bond donors (Lipinski definition) is 1. The van der Waals surface area contributed by atoms with Gasteiger partial charge < -0.3 is 14.6 Å². The monoisotopic (exact) mass is 527 g/mol. The highest BCUT2D eigenvalue weighted by molar-refractivity contribution is 7.99. The van der Waals surface area contributed by atoms with E-state index in [-0.39, 0.29) is 23.7 Å². The minimum absolute atomic E-state index is 0.0347. The second-order valence-electron chi connectivity index (χ2n) is 7.45. The van der Waals surface area contributed by atoms with Crippen molar-refractivity contribution in [2.45, 2.75) is 37.6 Å². The Bertz CT molecular complexity index is 1220. The van der Waals surface area contributed by atoms with E-state index >= 15 is 0 Å². The van der Waals surface area contributed by atoms with Crippen LogP contribution in [0.4, 0.5) is 28.9 Å². The number of carbonyl (C=O) groups is 1. The number of non-ortho nitro benzene ring substituents is 1. The van der Waals surface area contributed by atoms with Gasteiger partial charge in [0.25, 0.3) is 5.69 Å². The van der Waals surface area contributed by atoms with Crippen molar-refractivity contribution in [1.82, 2.24) is 14.8 Å². The number of halogens is 4. The molecule has 3 aromatic rings. The van der Waals surface area contributed by atoms with Gasteiger partial charge in [-0.05, 0) is 24.6 Å². The van der Waals surface area contributed by atoms with Crippen molar-refractivity contribution >= 4 is 29.0 Å². The summed E-state index contributed by atoms with van der Waals surface area (Å²) in [7, 11) is 0. The number of nitro benzene ring substituents is 1. The summed E-state index contributed by atoms with van der Waals surface area (Å²) in [6, 6.07) is 12.2. The molecule has 0 saturated heterocycles. The molecule has 1 N–H and O–H groups in total. The molecule has 192 valence electrons. The van der Waals surface area contributed by atoms with Crippen LogP contribution in [0.5, 0.6) is 0 Å². The van der Waals surface area contributed by atoms with Crippen molar-refractivity contribution in [1.29, 1.82) is 0 Å². The maximum absolute atomic E-state index is 13.0. The van der Waals surface area contributed by atoms with Gasteiger partial charge in [0.15, 0.2) is 11.0 Å². The van der Waals surface area contributed by atoms with Crippen LogP contribution in [0.25, 0.3) is 11.4 Å². The third-order valence-corrected chi connectivity index (χ3v) is 5.74. The molecule has 0 aliphatic heterocycles. The van der Waals surface area contributed by atoms with E-state index in [4.69, 9.17) is 4.74 Å². The first-order chi connectivity index (χ1) is 17.1. The lowest BCUT2D eigenvalue weighted by Crippen LogP contribution is -2.32. The van der Waals surface area contributed by atoms with Gasteiger partial charge in [0.2, 0.25) is 5.91 Å². The van der Waals surface area contributed by atoms with Gasteiger partial charge in [-0.3, -0.25) is 14.9 Å². The third-order valence-electron chi connectivity index (χ3n) is 4.77. The van der Waals surface area contributed by atoms with Gasteiger partial charge in [-0.25, -0.2) is 8.78 Å². The Balaban J connectivity index is 1.64. The fourth-order valence-corrected chi connectivity index (χ4v) is 3.89. The molecule has 0 unspecified atom stereocenters. The van der Waals surface area contributed by atoms with Crippen LogP contribution in [0.1, 0.15) is 12.5 Å². The summed E-state index contributed by atoms with van der Waals surface area (Å²) in [4.78, 5) is 22.7. The summed E-state index contributed by atoms with van der Waals surface area (Å²) in [6.45, 7) is 0.604. The van der Waals surface area contributed by atoms with E-state index in [1.807, 2.05) is 6.92 Å². The predicted octanol–water partition coefficient (Wildman–Crippen LogP) is 5.02. The molecule has 1 aromatic heterocycles. The molecule has 0 fully saturated rings. The molecule has 2 aromatic carbocycles. The molecule has 0 aliphatic carbocycles. The quantitative estimate of drug-likeness (QED) is 0.152. The normalized spacial score (nSPS) is 11.6. The Labute approximate surface area is 207 Å². The average molecular weight is 528 g/mol. The van der Waals surface area contributed by atoms with Crippen LogP contribution in [-0.4, -0.2) is 50.3 Å². The number of aromatic nitrogens is 3. The van der Waals surface area contributed by atoms with Gasteiger partial charge in [-0.15, -0.1) is 10.2 Å².